The average molecular weight is 381 g/mol. The molecule has 0 radical (unpaired) electrons. The number of H-pyrrole nitrogens is 1. The number of carbonyl (C=O) groups excluding carboxylic acids is 1. The average Bonchev–Trinajstić information content (AvgIpc) is 2.99. The monoisotopic (exact) mass is 381 g/mol. The second kappa shape index (κ2) is 9.83. The summed E-state index contributed by atoms with van der Waals surface area (Å²) in [5, 5.41) is 6.21. The minimum atomic E-state index is -0.334. The highest BCUT2D eigenvalue weighted by Gasteiger charge is 2.18. The van der Waals surface area contributed by atoms with Gasteiger partial charge in [0.25, 0.3) is 0 Å². The summed E-state index contributed by atoms with van der Waals surface area (Å²) < 4.78 is 11.4. The molecule has 0 saturated heterocycles. The fourth-order valence-electron chi connectivity index (χ4n) is 1.96. The Labute approximate surface area is 155 Å². The molecule has 0 bridgehead atoms. The highest BCUT2D eigenvalue weighted by molar-refractivity contribution is 7.18. The molecule has 1 amide bonds. The van der Waals surface area contributed by atoms with Gasteiger partial charge < -0.3 is 14.9 Å². The Morgan fingerprint density at radius 2 is 1.92 bits per heavy atom. The molecule has 0 saturated carbocycles. The first-order valence-corrected chi connectivity index (χ1v) is 8.79. The zero-order valence-corrected chi connectivity index (χ0v) is 15.9. The molecular formula is C17H23N3O5S. The highest BCUT2D eigenvalue weighted by atomic mass is 32.1. The van der Waals surface area contributed by atoms with Crippen LogP contribution in [0.1, 0.15) is 38.1 Å². The Morgan fingerprint density at radius 3 is 2.50 bits per heavy atom. The van der Waals surface area contributed by atoms with Crippen molar-refractivity contribution in [2.24, 2.45) is 11.1 Å². The number of nitroso groups, excluding NO2 is 1. The van der Waals surface area contributed by atoms with Gasteiger partial charge in [-0.05, 0) is 48.4 Å². The van der Waals surface area contributed by atoms with E-state index in [1.165, 1.54) is 6.20 Å². The van der Waals surface area contributed by atoms with Gasteiger partial charge in [-0.1, -0.05) is 13.8 Å². The number of aromatic nitrogens is 1. The second-order valence-corrected chi connectivity index (χ2v) is 7.20. The van der Waals surface area contributed by atoms with Crippen LogP contribution in [-0.4, -0.2) is 24.1 Å². The van der Waals surface area contributed by atoms with Gasteiger partial charge in [0.05, 0.1) is 18.3 Å². The molecule has 2 aromatic rings. The highest BCUT2D eigenvalue weighted by Crippen LogP contribution is 2.26. The molecule has 9 heteroatoms. The first-order chi connectivity index (χ1) is 11.9. The lowest BCUT2D eigenvalue weighted by Gasteiger charge is -2.14. The van der Waals surface area contributed by atoms with E-state index >= 15 is 0 Å². The zero-order chi connectivity index (χ0) is 18.4. The third kappa shape index (κ3) is 6.41. The van der Waals surface area contributed by atoms with Gasteiger partial charge in [-0.25, -0.2) is 9.78 Å². The number of carbonyl (C=O) groups is 1. The van der Waals surface area contributed by atoms with Gasteiger partial charge in [0.1, 0.15) is 17.7 Å². The van der Waals surface area contributed by atoms with Gasteiger partial charge >= 0.3 is 11.0 Å². The van der Waals surface area contributed by atoms with E-state index in [-0.39, 0.29) is 22.5 Å². The van der Waals surface area contributed by atoms with Gasteiger partial charge in [0, 0.05) is 6.07 Å². The van der Waals surface area contributed by atoms with Crippen molar-refractivity contribution >= 4 is 27.4 Å². The van der Waals surface area contributed by atoms with E-state index in [1.807, 2.05) is 27.7 Å². The van der Waals surface area contributed by atoms with Gasteiger partial charge in [0.2, 0.25) is 5.00 Å². The first-order valence-electron chi connectivity index (χ1n) is 7.98. The van der Waals surface area contributed by atoms with Crippen molar-refractivity contribution in [1.82, 2.24) is 0 Å². The maximum absolute atomic E-state index is 12.5. The van der Waals surface area contributed by atoms with E-state index in [0.717, 1.165) is 11.3 Å². The standard InChI is InChI=1S/C17H21N3O4S.H2O/c1-10(2)9-23-13-5-12(6-14(7-13)24-11(3)4)16(21)19-17-18-8-15(20-22)25-17;/h5-8,10-11H,9H2,1-4H3,(H,18,19,21);1H2. The molecule has 26 heavy (non-hydrogen) atoms. The van der Waals surface area contributed by atoms with Crippen LogP contribution in [0.4, 0.5) is 10.1 Å². The topological polar surface area (TPSA) is 121 Å². The summed E-state index contributed by atoms with van der Waals surface area (Å²) in [6.45, 7) is 8.46. The van der Waals surface area contributed by atoms with Crippen molar-refractivity contribution in [3.8, 4) is 11.5 Å². The summed E-state index contributed by atoms with van der Waals surface area (Å²) in [7, 11) is 0. The Bertz CT molecular complexity index is 746. The maximum Gasteiger partial charge on any atom is 0.341 e. The molecule has 0 unspecified atom stereocenters. The third-order valence-electron chi connectivity index (χ3n) is 2.95. The molecule has 0 spiro atoms. The van der Waals surface area contributed by atoms with E-state index < -0.39 is 0 Å². The molecule has 0 fully saturated rings. The molecular weight excluding hydrogens is 358 g/mol. The van der Waals surface area contributed by atoms with Crippen molar-refractivity contribution in [3.63, 3.8) is 0 Å². The normalized spacial score (nSPS) is 10.4. The van der Waals surface area contributed by atoms with Crippen LogP contribution in [-0.2, 0) is 0 Å². The number of ether oxygens (including phenoxy) is 2. The molecule has 1 heterocycles. The van der Waals surface area contributed by atoms with Gasteiger partial charge in [-0.15, -0.1) is 4.91 Å². The molecule has 2 rings (SSSR count). The Balaban J connectivity index is 0.00000338. The zero-order valence-electron chi connectivity index (χ0n) is 15.1. The van der Waals surface area contributed by atoms with E-state index in [4.69, 9.17) is 9.47 Å². The maximum atomic E-state index is 12.5. The van der Waals surface area contributed by atoms with Crippen LogP contribution in [0.5, 0.6) is 11.5 Å². The molecule has 1 aromatic heterocycles. The summed E-state index contributed by atoms with van der Waals surface area (Å²) in [6.07, 6.45) is 1.41. The van der Waals surface area contributed by atoms with Gasteiger partial charge in [-0.3, -0.25) is 0 Å². The first kappa shape index (κ1) is 21.5. The largest absolute Gasteiger partial charge is 0.870 e. The molecule has 142 valence electrons. The number of nitrogens with zero attached hydrogens (tertiary/aromatic N) is 1. The molecule has 0 atom stereocenters. The number of hydrogen-bond donors (Lipinski definition) is 1. The lowest BCUT2D eigenvalue weighted by molar-refractivity contribution is -0.353. The number of amides is 1. The summed E-state index contributed by atoms with van der Waals surface area (Å²) in [5.41, 5.74) is 0.402. The number of rotatable bonds is 8. The molecule has 0 aliphatic carbocycles. The molecule has 8 nitrogen and oxygen atoms in total. The van der Waals surface area contributed by atoms with Crippen molar-refractivity contribution in [2.75, 3.05) is 11.9 Å². The summed E-state index contributed by atoms with van der Waals surface area (Å²) >= 11 is 1.06. The fraction of sp³-hybridized carbons (Fsp3) is 0.412. The summed E-state index contributed by atoms with van der Waals surface area (Å²) in [6, 6.07) is 5.09. The number of aromatic amines is 1. The molecule has 3 N–H and O–H groups in total. The smallest absolute Gasteiger partial charge is 0.341 e. The molecule has 1 aromatic carbocycles. The van der Waals surface area contributed by atoms with Crippen molar-refractivity contribution < 1.29 is 24.7 Å². The number of anilines is 1. The summed E-state index contributed by atoms with van der Waals surface area (Å²) in [5.74, 6) is 1.16. The second-order valence-electron chi connectivity index (χ2n) is 6.17. The Kier molecular flexibility index (Phi) is 8.14. The quantitative estimate of drug-likeness (QED) is 0.696. The lowest BCUT2D eigenvalue weighted by atomic mass is 10.2. The molecule has 0 aliphatic heterocycles. The van der Waals surface area contributed by atoms with E-state index in [9.17, 15) is 9.70 Å². The minimum absolute atomic E-state index is 0. The summed E-state index contributed by atoms with van der Waals surface area (Å²) in [4.78, 5) is 25.8. The number of nitrogens with one attached hydrogen (secondary N) is 2. The SMILES string of the molecule is CC(C)COc1cc(OC(C)C)cc(C(=O)Nc2[nH+]cc(N=O)s2)c1.[OH-]. The van der Waals surface area contributed by atoms with Crippen LogP contribution in [0.3, 0.4) is 0 Å². The third-order valence-corrected chi connectivity index (χ3v) is 3.77. The van der Waals surface area contributed by atoms with Crippen LogP contribution in [0.25, 0.3) is 0 Å². The lowest BCUT2D eigenvalue weighted by Crippen LogP contribution is -2.17. The van der Waals surface area contributed by atoms with Crippen molar-refractivity contribution in [1.29, 1.82) is 0 Å². The van der Waals surface area contributed by atoms with Crippen molar-refractivity contribution in [3.05, 3.63) is 34.9 Å². The number of hydrogen-bond acceptors (Lipinski definition) is 7. The predicted molar refractivity (Wildman–Crippen MR) is 98.8 cm³/mol. The van der Waals surface area contributed by atoms with Crippen LogP contribution >= 0.6 is 11.3 Å². The van der Waals surface area contributed by atoms with E-state index in [0.29, 0.717) is 34.7 Å². The van der Waals surface area contributed by atoms with Crippen molar-refractivity contribution in [2.45, 2.75) is 33.8 Å². The number of benzene rings is 1. The van der Waals surface area contributed by atoms with Crippen LogP contribution in [0.15, 0.2) is 29.6 Å². The van der Waals surface area contributed by atoms with E-state index in [1.54, 1.807) is 18.2 Å². The number of thiazole rings is 1. The Morgan fingerprint density at radius 1 is 1.23 bits per heavy atom. The van der Waals surface area contributed by atoms with Crippen LogP contribution < -0.4 is 19.8 Å². The minimum Gasteiger partial charge on any atom is -0.870 e. The van der Waals surface area contributed by atoms with Gasteiger partial charge in [-0.2, -0.15) is 5.32 Å². The predicted octanol–water partition coefficient (Wildman–Crippen LogP) is 3.86. The van der Waals surface area contributed by atoms with Crippen LogP contribution in [0.2, 0.25) is 0 Å². The molecule has 0 aliphatic rings. The van der Waals surface area contributed by atoms with E-state index in [2.05, 4.69) is 15.5 Å². The fourth-order valence-corrected chi connectivity index (χ4v) is 2.59. The Hall–Kier alpha value is -2.52. The van der Waals surface area contributed by atoms with Gasteiger partial charge in [0.15, 0.2) is 0 Å². The van der Waals surface area contributed by atoms with Crippen LogP contribution in [0, 0.1) is 10.8 Å².